The Bertz CT molecular complexity index is 1010. The number of aromatic nitrogens is 1. The van der Waals surface area contributed by atoms with Gasteiger partial charge in [0.25, 0.3) is 5.91 Å². The van der Waals surface area contributed by atoms with E-state index in [1.54, 1.807) is 6.07 Å². The van der Waals surface area contributed by atoms with Crippen LogP contribution in [0.1, 0.15) is 18.9 Å². The minimum Gasteiger partial charge on any atom is -0.478 e. The van der Waals surface area contributed by atoms with Gasteiger partial charge in [0, 0.05) is 23.6 Å². The number of carbonyl (C=O) groups excluding carboxylic acids is 2. The van der Waals surface area contributed by atoms with Gasteiger partial charge in [-0.3, -0.25) is 14.5 Å². The SMILES string of the molecule is CCC1Oc2ccccc2N(CC(=O)NCCc2c[nH]c3ccccc23)C1=O. The van der Waals surface area contributed by atoms with Crippen LogP contribution in [-0.4, -0.2) is 36.0 Å². The van der Waals surface area contributed by atoms with Crippen molar-refractivity contribution in [2.24, 2.45) is 0 Å². The maximum atomic E-state index is 12.7. The number of ether oxygens (including phenoxy) is 1. The highest BCUT2D eigenvalue weighted by Crippen LogP contribution is 2.34. The van der Waals surface area contributed by atoms with E-state index in [0.29, 0.717) is 24.4 Å². The summed E-state index contributed by atoms with van der Waals surface area (Å²) in [7, 11) is 0. The minimum atomic E-state index is -0.547. The van der Waals surface area contributed by atoms with Crippen LogP contribution in [0.5, 0.6) is 5.75 Å². The summed E-state index contributed by atoms with van der Waals surface area (Å²) in [5.41, 5.74) is 2.89. The van der Waals surface area contributed by atoms with Gasteiger partial charge < -0.3 is 15.0 Å². The third kappa shape index (κ3) is 3.45. The highest BCUT2D eigenvalue weighted by molar-refractivity contribution is 6.03. The summed E-state index contributed by atoms with van der Waals surface area (Å²) in [5, 5.41) is 4.10. The monoisotopic (exact) mass is 377 g/mol. The van der Waals surface area contributed by atoms with Crippen LogP contribution in [0.15, 0.2) is 54.7 Å². The Morgan fingerprint density at radius 3 is 2.82 bits per heavy atom. The highest BCUT2D eigenvalue weighted by atomic mass is 16.5. The topological polar surface area (TPSA) is 74.4 Å². The van der Waals surface area contributed by atoms with Crippen molar-refractivity contribution in [3.05, 3.63) is 60.3 Å². The number of nitrogens with zero attached hydrogens (tertiary/aromatic N) is 1. The molecule has 0 bridgehead atoms. The molecule has 1 unspecified atom stereocenters. The Balaban J connectivity index is 1.40. The summed E-state index contributed by atoms with van der Waals surface area (Å²) in [6.07, 6.45) is 2.71. The second-order valence-electron chi connectivity index (χ2n) is 6.87. The van der Waals surface area contributed by atoms with Crippen LogP contribution in [0, 0.1) is 0 Å². The molecule has 2 amide bonds. The van der Waals surface area contributed by atoms with E-state index < -0.39 is 6.10 Å². The fraction of sp³-hybridized carbons (Fsp3) is 0.273. The third-order valence-electron chi connectivity index (χ3n) is 5.03. The van der Waals surface area contributed by atoms with E-state index in [4.69, 9.17) is 4.74 Å². The van der Waals surface area contributed by atoms with Gasteiger partial charge in [0.05, 0.1) is 5.69 Å². The smallest absolute Gasteiger partial charge is 0.268 e. The summed E-state index contributed by atoms with van der Waals surface area (Å²) in [6, 6.07) is 15.4. The lowest BCUT2D eigenvalue weighted by Gasteiger charge is -2.33. The van der Waals surface area contributed by atoms with Crippen LogP contribution < -0.4 is 15.0 Å². The number of hydrogen-bond donors (Lipinski definition) is 2. The quantitative estimate of drug-likeness (QED) is 0.693. The first-order valence-corrected chi connectivity index (χ1v) is 9.56. The lowest BCUT2D eigenvalue weighted by molar-refractivity contribution is -0.129. The minimum absolute atomic E-state index is 0.0103. The number of carbonyl (C=O) groups is 2. The van der Waals surface area contributed by atoms with Crippen molar-refractivity contribution in [3.8, 4) is 5.75 Å². The Hall–Kier alpha value is -3.28. The number of nitrogens with one attached hydrogen (secondary N) is 2. The summed E-state index contributed by atoms with van der Waals surface area (Å²) in [5.74, 6) is 0.285. The summed E-state index contributed by atoms with van der Waals surface area (Å²) >= 11 is 0. The molecule has 4 rings (SSSR count). The molecule has 3 aromatic rings. The van der Waals surface area contributed by atoms with Gasteiger partial charge in [0.15, 0.2) is 6.10 Å². The van der Waals surface area contributed by atoms with E-state index in [2.05, 4.69) is 16.4 Å². The number of amides is 2. The molecule has 1 aliphatic rings. The zero-order chi connectivity index (χ0) is 19.5. The van der Waals surface area contributed by atoms with Gasteiger partial charge in [-0.25, -0.2) is 0 Å². The average Bonchev–Trinajstić information content (AvgIpc) is 3.13. The van der Waals surface area contributed by atoms with Gasteiger partial charge in [-0.05, 0) is 36.6 Å². The van der Waals surface area contributed by atoms with Gasteiger partial charge in [0.2, 0.25) is 5.91 Å². The summed E-state index contributed by atoms with van der Waals surface area (Å²) < 4.78 is 5.75. The molecular weight excluding hydrogens is 354 g/mol. The number of anilines is 1. The highest BCUT2D eigenvalue weighted by Gasteiger charge is 2.34. The number of fused-ring (bicyclic) bond motifs is 2. The van der Waals surface area contributed by atoms with Crippen molar-refractivity contribution in [1.29, 1.82) is 0 Å². The van der Waals surface area contributed by atoms with Gasteiger partial charge in [0.1, 0.15) is 12.3 Å². The number of H-pyrrole nitrogens is 1. The molecule has 144 valence electrons. The lowest BCUT2D eigenvalue weighted by Crippen LogP contribution is -2.49. The second kappa shape index (κ2) is 7.76. The Labute approximate surface area is 163 Å². The van der Waals surface area contributed by atoms with E-state index in [9.17, 15) is 9.59 Å². The normalized spacial score (nSPS) is 16.0. The van der Waals surface area contributed by atoms with Crippen LogP contribution >= 0.6 is 0 Å². The van der Waals surface area contributed by atoms with Crippen LogP contribution in [0.3, 0.4) is 0 Å². The molecule has 2 N–H and O–H groups in total. The first-order valence-electron chi connectivity index (χ1n) is 9.56. The molecule has 0 radical (unpaired) electrons. The fourth-order valence-electron chi connectivity index (χ4n) is 3.57. The summed E-state index contributed by atoms with van der Waals surface area (Å²) in [6.45, 7) is 2.40. The van der Waals surface area contributed by atoms with Crippen LogP contribution in [-0.2, 0) is 16.0 Å². The molecular formula is C22H23N3O3. The lowest BCUT2D eigenvalue weighted by atomic mass is 10.1. The molecule has 0 aliphatic carbocycles. The molecule has 2 aromatic carbocycles. The zero-order valence-corrected chi connectivity index (χ0v) is 15.8. The standard InChI is InChI=1S/C22H23N3O3/c1-2-19-22(27)25(18-9-5-6-10-20(18)28-19)14-21(26)23-12-11-15-13-24-17-8-4-3-7-16(15)17/h3-10,13,19,24H,2,11-12,14H2,1H3,(H,23,26). The molecule has 28 heavy (non-hydrogen) atoms. The third-order valence-corrected chi connectivity index (χ3v) is 5.03. The predicted octanol–water partition coefficient (Wildman–Crippen LogP) is 3.03. The first kappa shape index (κ1) is 18.1. The molecule has 2 heterocycles. The maximum absolute atomic E-state index is 12.7. The van der Waals surface area contributed by atoms with Crippen molar-refractivity contribution in [1.82, 2.24) is 10.3 Å². The maximum Gasteiger partial charge on any atom is 0.268 e. The predicted molar refractivity (Wildman–Crippen MR) is 109 cm³/mol. The van der Waals surface area contributed by atoms with Gasteiger partial charge >= 0.3 is 0 Å². The molecule has 6 heteroatoms. The largest absolute Gasteiger partial charge is 0.478 e. The van der Waals surface area contributed by atoms with Crippen molar-refractivity contribution < 1.29 is 14.3 Å². The van der Waals surface area contributed by atoms with Crippen LogP contribution in [0.2, 0.25) is 0 Å². The molecule has 0 spiro atoms. The van der Waals surface area contributed by atoms with E-state index in [0.717, 1.165) is 17.5 Å². The van der Waals surface area contributed by atoms with Crippen molar-refractivity contribution >= 4 is 28.4 Å². The van der Waals surface area contributed by atoms with E-state index >= 15 is 0 Å². The number of hydrogen-bond acceptors (Lipinski definition) is 3. The van der Waals surface area contributed by atoms with Crippen molar-refractivity contribution in [2.75, 3.05) is 18.0 Å². The molecule has 1 aromatic heterocycles. The molecule has 0 saturated carbocycles. The van der Waals surface area contributed by atoms with Crippen molar-refractivity contribution in [3.63, 3.8) is 0 Å². The zero-order valence-electron chi connectivity index (χ0n) is 15.8. The van der Waals surface area contributed by atoms with Gasteiger partial charge in [-0.15, -0.1) is 0 Å². The molecule has 1 aliphatic heterocycles. The van der Waals surface area contributed by atoms with Crippen LogP contribution in [0.4, 0.5) is 5.69 Å². The van der Waals surface area contributed by atoms with E-state index in [-0.39, 0.29) is 18.4 Å². The van der Waals surface area contributed by atoms with E-state index in [1.165, 1.54) is 10.3 Å². The van der Waals surface area contributed by atoms with Crippen LogP contribution in [0.25, 0.3) is 10.9 Å². The molecule has 6 nitrogen and oxygen atoms in total. The van der Waals surface area contributed by atoms with Crippen molar-refractivity contribution in [2.45, 2.75) is 25.9 Å². The Morgan fingerprint density at radius 1 is 1.18 bits per heavy atom. The number of benzene rings is 2. The number of aromatic amines is 1. The second-order valence-corrected chi connectivity index (χ2v) is 6.87. The fourth-order valence-corrected chi connectivity index (χ4v) is 3.57. The average molecular weight is 377 g/mol. The number of para-hydroxylation sites is 3. The van der Waals surface area contributed by atoms with Gasteiger partial charge in [-0.1, -0.05) is 37.3 Å². The Morgan fingerprint density at radius 2 is 1.96 bits per heavy atom. The number of rotatable bonds is 6. The molecule has 0 saturated heterocycles. The van der Waals surface area contributed by atoms with Gasteiger partial charge in [-0.2, -0.15) is 0 Å². The van der Waals surface area contributed by atoms with E-state index in [1.807, 2.05) is 49.5 Å². The summed E-state index contributed by atoms with van der Waals surface area (Å²) in [4.78, 5) is 29.9. The first-order chi connectivity index (χ1) is 13.7. The Kier molecular flexibility index (Phi) is 5.02. The molecule has 0 fully saturated rings. The molecule has 1 atom stereocenters.